The highest BCUT2D eigenvalue weighted by molar-refractivity contribution is 5.86. The van der Waals surface area contributed by atoms with E-state index in [0.717, 1.165) is 18.4 Å². The molecule has 2 rings (SSSR count). The molecule has 0 saturated heterocycles. The Hall–Kier alpha value is -2.37. The Morgan fingerprint density at radius 3 is 2.22 bits per heavy atom. The zero-order valence-corrected chi connectivity index (χ0v) is 24.3. The Morgan fingerprint density at radius 1 is 1.00 bits per heavy atom. The van der Waals surface area contributed by atoms with Crippen LogP contribution >= 0.6 is 0 Å². The molecule has 1 fully saturated rings. The largest absolute Gasteiger partial charge is 0.444 e. The van der Waals surface area contributed by atoms with Gasteiger partial charge in [0, 0.05) is 12.3 Å². The smallest absolute Gasteiger partial charge is 0.408 e. The molecule has 1 aromatic rings. The van der Waals surface area contributed by atoms with Gasteiger partial charge in [-0.05, 0) is 75.7 Å². The molecule has 5 atom stereocenters. The molecule has 1 aliphatic carbocycles. The predicted molar refractivity (Wildman–Crippen MR) is 149 cm³/mol. The maximum Gasteiger partial charge on any atom is 0.408 e. The van der Waals surface area contributed by atoms with Gasteiger partial charge in [-0.2, -0.15) is 0 Å². The Morgan fingerprint density at radius 2 is 1.65 bits per heavy atom. The molecule has 0 radical (unpaired) electrons. The standard InChI is InChI=1S/C31H50N2O4/c1-20(2)18-27(33-30(36)37-31(6,7)8)29(35)32-26(23-12-10-9-11-13-23)16-17-28(34)25-19-22(5)14-15-24(25)21(3)4/h9-13,20-22,24-27H,14-19H2,1-8H3,(H,32,35)(H,33,36)/t22-,24+,25-,26-,27+/m1/s1. The Bertz CT molecular complexity index is 875. The zero-order valence-electron chi connectivity index (χ0n) is 24.3. The monoisotopic (exact) mass is 514 g/mol. The quantitative estimate of drug-likeness (QED) is 0.338. The molecule has 208 valence electrons. The molecule has 0 heterocycles. The lowest BCUT2D eigenvalue weighted by atomic mass is 9.68. The fraction of sp³-hybridized carbons (Fsp3) is 0.710. The van der Waals surface area contributed by atoms with Crippen molar-refractivity contribution in [3.8, 4) is 0 Å². The number of amides is 2. The van der Waals surface area contributed by atoms with Crippen molar-refractivity contribution in [3.05, 3.63) is 35.9 Å². The summed E-state index contributed by atoms with van der Waals surface area (Å²) in [5, 5.41) is 5.91. The molecule has 1 aliphatic rings. The maximum absolute atomic E-state index is 13.5. The summed E-state index contributed by atoms with van der Waals surface area (Å²) in [6.07, 6.45) is 4.10. The molecule has 1 aromatic carbocycles. The van der Waals surface area contributed by atoms with Crippen LogP contribution in [0.15, 0.2) is 30.3 Å². The van der Waals surface area contributed by atoms with E-state index < -0.39 is 17.7 Å². The summed E-state index contributed by atoms with van der Waals surface area (Å²) in [5.74, 6) is 1.84. The molecular formula is C31H50N2O4. The summed E-state index contributed by atoms with van der Waals surface area (Å²) in [4.78, 5) is 39.3. The van der Waals surface area contributed by atoms with Gasteiger partial charge in [0.25, 0.3) is 0 Å². The van der Waals surface area contributed by atoms with Crippen molar-refractivity contribution in [1.29, 1.82) is 0 Å². The first kappa shape index (κ1) is 30.9. The summed E-state index contributed by atoms with van der Waals surface area (Å²) < 4.78 is 5.40. The van der Waals surface area contributed by atoms with Crippen molar-refractivity contribution in [3.63, 3.8) is 0 Å². The first-order valence-corrected chi connectivity index (χ1v) is 14.1. The lowest BCUT2D eigenvalue weighted by Crippen LogP contribution is -2.49. The van der Waals surface area contributed by atoms with Crippen LogP contribution in [0.1, 0.15) is 106 Å². The minimum Gasteiger partial charge on any atom is -0.444 e. The number of benzene rings is 1. The number of Topliss-reactive ketones (excluding diaryl/α,β-unsaturated/α-hetero) is 1. The van der Waals surface area contributed by atoms with Gasteiger partial charge in [-0.3, -0.25) is 9.59 Å². The Kier molecular flexibility index (Phi) is 11.6. The van der Waals surface area contributed by atoms with E-state index in [1.54, 1.807) is 20.8 Å². The van der Waals surface area contributed by atoms with E-state index in [4.69, 9.17) is 4.74 Å². The third-order valence-corrected chi connectivity index (χ3v) is 7.35. The number of ketones is 1. The van der Waals surface area contributed by atoms with E-state index in [0.29, 0.717) is 42.8 Å². The van der Waals surface area contributed by atoms with Gasteiger partial charge in [0.1, 0.15) is 17.4 Å². The lowest BCUT2D eigenvalue weighted by Gasteiger charge is -2.36. The van der Waals surface area contributed by atoms with Crippen LogP contribution in [0, 0.1) is 29.6 Å². The van der Waals surface area contributed by atoms with Crippen LogP contribution in [0.2, 0.25) is 0 Å². The SMILES string of the molecule is CC(C)C[C@H](NC(=O)OC(C)(C)C)C(=O)N[C@H](CCC(=O)[C@@H]1C[C@H](C)CC[C@H]1C(C)C)c1ccccc1. The number of alkyl carbamates (subject to hydrolysis) is 1. The number of carbonyl (C=O) groups is 3. The molecule has 0 spiro atoms. The van der Waals surface area contributed by atoms with Crippen molar-refractivity contribution >= 4 is 17.8 Å². The van der Waals surface area contributed by atoms with Crippen LogP contribution < -0.4 is 10.6 Å². The van der Waals surface area contributed by atoms with Crippen molar-refractivity contribution in [2.75, 3.05) is 0 Å². The van der Waals surface area contributed by atoms with E-state index >= 15 is 0 Å². The molecule has 37 heavy (non-hydrogen) atoms. The summed E-state index contributed by atoms with van der Waals surface area (Å²) in [6, 6.07) is 8.75. The summed E-state index contributed by atoms with van der Waals surface area (Å²) in [5.41, 5.74) is 0.307. The molecule has 1 saturated carbocycles. The maximum atomic E-state index is 13.5. The molecular weight excluding hydrogens is 464 g/mol. The zero-order chi connectivity index (χ0) is 27.8. The lowest BCUT2D eigenvalue weighted by molar-refractivity contribution is -0.128. The van der Waals surface area contributed by atoms with Crippen molar-refractivity contribution in [1.82, 2.24) is 10.6 Å². The average molecular weight is 515 g/mol. The van der Waals surface area contributed by atoms with Crippen molar-refractivity contribution < 1.29 is 19.1 Å². The third kappa shape index (κ3) is 10.5. The van der Waals surface area contributed by atoms with Crippen LogP contribution in [0.3, 0.4) is 0 Å². The summed E-state index contributed by atoms with van der Waals surface area (Å²) >= 11 is 0. The van der Waals surface area contributed by atoms with Gasteiger partial charge < -0.3 is 15.4 Å². The number of hydrogen-bond donors (Lipinski definition) is 2. The topological polar surface area (TPSA) is 84.5 Å². The van der Waals surface area contributed by atoms with Crippen molar-refractivity contribution in [2.24, 2.45) is 29.6 Å². The van der Waals surface area contributed by atoms with Crippen LogP contribution in [0.25, 0.3) is 0 Å². The highest BCUT2D eigenvalue weighted by Gasteiger charge is 2.35. The Balaban J connectivity index is 2.15. The number of carbonyl (C=O) groups excluding carboxylic acids is 3. The summed E-state index contributed by atoms with van der Waals surface area (Å²) in [6.45, 7) is 16.1. The number of nitrogens with one attached hydrogen (secondary N) is 2. The average Bonchev–Trinajstić information content (AvgIpc) is 2.79. The van der Waals surface area contributed by atoms with E-state index in [-0.39, 0.29) is 23.8 Å². The third-order valence-electron chi connectivity index (χ3n) is 7.35. The minimum atomic E-state index is -0.721. The first-order chi connectivity index (χ1) is 17.3. The van der Waals surface area contributed by atoms with Crippen LogP contribution in [0.4, 0.5) is 4.79 Å². The molecule has 0 unspecified atom stereocenters. The second-order valence-electron chi connectivity index (χ2n) is 12.7. The van der Waals surface area contributed by atoms with Gasteiger partial charge in [-0.25, -0.2) is 4.79 Å². The molecule has 2 N–H and O–H groups in total. The Labute approximate surface area is 224 Å². The normalized spacial score (nSPS) is 21.8. The number of hydrogen-bond acceptors (Lipinski definition) is 4. The van der Waals surface area contributed by atoms with Gasteiger partial charge in [-0.15, -0.1) is 0 Å². The number of ether oxygens (including phenoxy) is 1. The highest BCUT2D eigenvalue weighted by atomic mass is 16.6. The second-order valence-corrected chi connectivity index (χ2v) is 12.7. The minimum absolute atomic E-state index is 0.0957. The molecule has 2 amide bonds. The molecule has 6 heteroatoms. The van der Waals surface area contributed by atoms with Crippen LogP contribution in [0.5, 0.6) is 0 Å². The molecule has 0 bridgehead atoms. The second kappa shape index (κ2) is 14.0. The number of rotatable bonds is 11. The van der Waals surface area contributed by atoms with Crippen LogP contribution in [-0.2, 0) is 14.3 Å². The van der Waals surface area contributed by atoms with E-state index in [2.05, 4.69) is 31.4 Å². The predicted octanol–water partition coefficient (Wildman–Crippen LogP) is 6.84. The van der Waals surface area contributed by atoms with Gasteiger partial charge in [0.05, 0.1) is 6.04 Å². The van der Waals surface area contributed by atoms with Gasteiger partial charge in [0.2, 0.25) is 5.91 Å². The molecule has 0 aliphatic heterocycles. The fourth-order valence-corrected chi connectivity index (χ4v) is 5.48. The van der Waals surface area contributed by atoms with Gasteiger partial charge >= 0.3 is 6.09 Å². The highest BCUT2D eigenvalue weighted by Crippen LogP contribution is 2.39. The molecule has 0 aromatic heterocycles. The fourth-order valence-electron chi connectivity index (χ4n) is 5.48. The van der Waals surface area contributed by atoms with E-state index in [1.807, 2.05) is 44.2 Å². The van der Waals surface area contributed by atoms with Gasteiger partial charge in [0.15, 0.2) is 0 Å². The summed E-state index contributed by atoms with van der Waals surface area (Å²) in [7, 11) is 0. The molecule has 6 nitrogen and oxygen atoms in total. The first-order valence-electron chi connectivity index (χ1n) is 14.1. The van der Waals surface area contributed by atoms with E-state index in [1.165, 1.54) is 6.42 Å². The van der Waals surface area contributed by atoms with Crippen LogP contribution in [-0.4, -0.2) is 29.4 Å². The van der Waals surface area contributed by atoms with E-state index in [9.17, 15) is 14.4 Å². The van der Waals surface area contributed by atoms with Gasteiger partial charge in [-0.1, -0.05) is 71.4 Å². The van der Waals surface area contributed by atoms with Crippen molar-refractivity contribution in [2.45, 2.75) is 112 Å².